The van der Waals surface area contributed by atoms with Crippen LogP contribution in [0.2, 0.25) is 0 Å². The summed E-state index contributed by atoms with van der Waals surface area (Å²) >= 11 is 0. The Balaban J connectivity index is 1.95. The van der Waals surface area contributed by atoms with Crippen LogP contribution >= 0.6 is 0 Å². The van der Waals surface area contributed by atoms with Crippen molar-refractivity contribution in [3.63, 3.8) is 0 Å². The topological polar surface area (TPSA) is 81.3 Å². The van der Waals surface area contributed by atoms with Crippen molar-refractivity contribution in [1.82, 2.24) is 4.57 Å². The predicted molar refractivity (Wildman–Crippen MR) is 112 cm³/mol. The number of rotatable bonds is 9. The molecule has 0 spiro atoms. The van der Waals surface area contributed by atoms with Crippen molar-refractivity contribution in [2.45, 2.75) is 19.6 Å². The van der Waals surface area contributed by atoms with Crippen molar-refractivity contribution in [1.29, 1.82) is 5.26 Å². The maximum absolute atomic E-state index is 14.0. The van der Waals surface area contributed by atoms with Gasteiger partial charge in [-0.05, 0) is 36.8 Å². The van der Waals surface area contributed by atoms with Crippen molar-refractivity contribution in [2.75, 3.05) is 13.7 Å². The number of hydrogen-bond acceptors (Lipinski definition) is 5. The number of hydrogen-bond donors (Lipinski definition) is 0. The lowest BCUT2D eigenvalue weighted by atomic mass is 10.0. The van der Waals surface area contributed by atoms with Gasteiger partial charge in [-0.3, -0.25) is 9.59 Å². The SMILES string of the molecule is COCCCn1cc(C(=O)c2cc(F)ccc2OCc2ccccc2F)cc(C#N)c1=O. The molecule has 0 aliphatic rings. The van der Waals surface area contributed by atoms with E-state index in [1.165, 1.54) is 42.1 Å². The first-order valence-corrected chi connectivity index (χ1v) is 9.78. The first-order chi connectivity index (χ1) is 15.4. The molecule has 0 saturated carbocycles. The van der Waals surface area contributed by atoms with Crippen LogP contribution in [0.4, 0.5) is 8.78 Å². The second-order valence-corrected chi connectivity index (χ2v) is 6.95. The highest BCUT2D eigenvalue weighted by atomic mass is 19.1. The van der Waals surface area contributed by atoms with Crippen molar-refractivity contribution in [3.8, 4) is 11.8 Å². The smallest absolute Gasteiger partial charge is 0.268 e. The van der Waals surface area contributed by atoms with Crippen molar-refractivity contribution < 1.29 is 23.0 Å². The molecule has 0 amide bonds. The number of aromatic nitrogens is 1. The Hall–Kier alpha value is -3.83. The second-order valence-electron chi connectivity index (χ2n) is 6.95. The van der Waals surface area contributed by atoms with Gasteiger partial charge in [0.25, 0.3) is 5.56 Å². The number of ether oxygens (including phenoxy) is 2. The summed E-state index contributed by atoms with van der Waals surface area (Å²) in [5, 5.41) is 9.31. The van der Waals surface area contributed by atoms with E-state index in [-0.39, 0.29) is 41.2 Å². The summed E-state index contributed by atoms with van der Waals surface area (Å²) in [6, 6.07) is 12.4. The fourth-order valence-corrected chi connectivity index (χ4v) is 3.12. The van der Waals surface area contributed by atoms with Crippen LogP contribution in [0.15, 0.2) is 59.5 Å². The molecule has 0 N–H and O–H groups in total. The molecule has 0 fully saturated rings. The summed E-state index contributed by atoms with van der Waals surface area (Å²) in [5.41, 5.74) is -0.546. The summed E-state index contributed by atoms with van der Waals surface area (Å²) in [6.45, 7) is 0.464. The van der Waals surface area contributed by atoms with Gasteiger partial charge >= 0.3 is 0 Å². The first-order valence-electron chi connectivity index (χ1n) is 9.78. The molecule has 3 aromatic rings. The quantitative estimate of drug-likeness (QED) is 0.375. The fraction of sp³-hybridized carbons (Fsp3) is 0.208. The average molecular weight is 438 g/mol. The number of nitrogens with zero attached hydrogens (tertiary/aromatic N) is 2. The van der Waals surface area contributed by atoms with Gasteiger partial charge in [-0.25, -0.2) is 8.78 Å². The summed E-state index contributed by atoms with van der Waals surface area (Å²) in [4.78, 5) is 25.6. The summed E-state index contributed by atoms with van der Waals surface area (Å²) in [6.07, 6.45) is 1.82. The van der Waals surface area contributed by atoms with E-state index in [9.17, 15) is 23.6 Å². The molecule has 1 heterocycles. The second kappa shape index (κ2) is 10.5. The highest BCUT2D eigenvalue weighted by Crippen LogP contribution is 2.24. The molecule has 0 aliphatic carbocycles. The molecule has 2 aromatic carbocycles. The molecule has 32 heavy (non-hydrogen) atoms. The zero-order valence-corrected chi connectivity index (χ0v) is 17.3. The Labute approximate surface area is 183 Å². The van der Waals surface area contributed by atoms with Gasteiger partial charge in [0.2, 0.25) is 0 Å². The molecule has 8 heteroatoms. The van der Waals surface area contributed by atoms with Crippen LogP contribution in [-0.4, -0.2) is 24.1 Å². The molecule has 0 radical (unpaired) electrons. The largest absolute Gasteiger partial charge is 0.488 e. The highest BCUT2D eigenvalue weighted by Gasteiger charge is 2.19. The van der Waals surface area contributed by atoms with Gasteiger partial charge in [0, 0.05) is 37.6 Å². The molecule has 0 bridgehead atoms. The maximum atomic E-state index is 14.0. The van der Waals surface area contributed by atoms with E-state index in [1.807, 2.05) is 0 Å². The number of methoxy groups -OCH3 is 1. The summed E-state index contributed by atoms with van der Waals surface area (Å²) < 4.78 is 39.7. The van der Waals surface area contributed by atoms with E-state index < -0.39 is 23.0 Å². The Morgan fingerprint density at radius 1 is 1.16 bits per heavy atom. The van der Waals surface area contributed by atoms with Gasteiger partial charge in [-0.2, -0.15) is 5.26 Å². The van der Waals surface area contributed by atoms with E-state index in [4.69, 9.17) is 9.47 Å². The normalized spacial score (nSPS) is 10.6. The van der Waals surface area contributed by atoms with Crippen molar-refractivity contribution in [2.24, 2.45) is 0 Å². The Kier molecular flexibility index (Phi) is 7.47. The molecule has 0 unspecified atom stereocenters. The molecule has 1 aromatic heterocycles. The number of pyridine rings is 1. The van der Waals surface area contributed by atoms with Crippen LogP contribution in [0.5, 0.6) is 5.75 Å². The van der Waals surface area contributed by atoms with Crippen LogP contribution in [0, 0.1) is 23.0 Å². The number of benzene rings is 2. The van der Waals surface area contributed by atoms with Gasteiger partial charge in [0.15, 0.2) is 5.78 Å². The van der Waals surface area contributed by atoms with Crippen LogP contribution in [-0.2, 0) is 17.9 Å². The van der Waals surface area contributed by atoms with Gasteiger partial charge in [-0.1, -0.05) is 18.2 Å². The standard InChI is InChI=1S/C24H20F2N2O4/c1-31-10-4-9-28-14-18(11-17(13-27)24(28)30)23(29)20-12-19(25)7-8-22(20)32-15-16-5-2-3-6-21(16)26/h2-3,5-8,11-12,14H,4,9-10,15H2,1H3. The Morgan fingerprint density at radius 2 is 1.94 bits per heavy atom. The van der Waals surface area contributed by atoms with Crippen LogP contribution in [0.25, 0.3) is 0 Å². The highest BCUT2D eigenvalue weighted by molar-refractivity contribution is 6.10. The molecule has 3 rings (SSSR count). The number of aryl methyl sites for hydroxylation is 1. The predicted octanol–water partition coefficient (Wildman–Crippen LogP) is 3.84. The Morgan fingerprint density at radius 3 is 2.66 bits per heavy atom. The Bertz CT molecular complexity index is 1230. The number of carbonyl (C=O) groups excluding carboxylic acids is 1. The van der Waals surface area contributed by atoms with E-state index in [1.54, 1.807) is 18.2 Å². The third kappa shape index (κ3) is 5.25. The van der Waals surface area contributed by atoms with E-state index >= 15 is 0 Å². The van der Waals surface area contributed by atoms with E-state index in [0.29, 0.717) is 13.0 Å². The van der Waals surface area contributed by atoms with Crippen LogP contribution in [0.1, 0.15) is 33.5 Å². The lowest BCUT2D eigenvalue weighted by molar-refractivity contribution is 0.103. The minimum atomic E-state index is -0.666. The average Bonchev–Trinajstić information content (AvgIpc) is 2.80. The molecule has 164 valence electrons. The molecular formula is C24H20F2N2O4. The van der Waals surface area contributed by atoms with E-state index in [0.717, 1.165) is 12.1 Å². The molecule has 0 atom stereocenters. The monoisotopic (exact) mass is 438 g/mol. The fourth-order valence-electron chi connectivity index (χ4n) is 3.12. The zero-order valence-electron chi connectivity index (χ0n) is 17.3. The number of carbonyl (C=O) groups is 1. The lowest BCUT2D eigenvalue weighted by Gasteiger charge is -2.13. The number of ketones is 1. The van der Waals surface area contributed by atoms with Gasteiger partial charge in [0.1, 0.15) is 35.6 Å². The number of halogens is 2. The van der Waals surface area contributed by atoms with Gasteiger partial charge in [0.05, 0.1) is 5.56 Å². The van der Waals surface area contributed by atoms with E-state index in [2.05, 4.69) is 0 Å². The van der Waals surface area contributed by atoms with Gasteiger partial charge in [-0.15, -0.1) is 0 Å². The third-order valence-corrected chi connectivity index (χ3v) is 4.74. The maximum Gasteiger partial charge on any atom is 0.268 e. The van der Waals surface area contributed by atoms with Gasteiger partial charge < -0.3 is 14.0 Å². The first kappa shape index (κ1) is 22.8. The van der Waals surface area contributed by atoms with Crippen molar-refractivity contribution >= 4 is 5.78 Å². The minimum absolute atomic E-state index is 0.0277. The van der Waals surface area contributed by atoms with Crippen molar-refractivity contribution in [3.05, 3.63) is 99.0 Å². The summed E-state index contributed by atoms with van der Waals surface area (Å²) in [7, 11) is 1.52. The number of nitriles is 1. The third-order valence-electron chi connectivity index (χ3n) is 4.74. The molecule has 0 saturated heterocycles. The lowest BCUT2D eigenvalue weighted by Crippen LogP contribution is -2.24. The van der Waals surface area contributed by atoms with Crippen LogP contribution in [0.3, 0.4) is 0 Å². The molecular weight excluding hydrogens is 418 g/mol. The zero-order chi connectivity index (χ0) is 23.1. The molecule has 0 aliphatic heterocycles. The minimum Gasteiger partial charge on any atom is -0.488 e. The molecule has 6 nitrogen and oxygen atoms in total. The summed E-state index contributed by atoms with van der Waals surface area (Å²) in [5.74, 6) is -1.72. The van der Waals surface area contributed by atoms with Crippen LogP contribution < -0.4 is 10.3 Å².